The van der Waals surface area contributed by atoms with Gasteiger partial charge in [-0.3, -0.25) is 15.5 Å². The standard InChI is InChI=1S/C12H14N6O2/c1-8(9-5-3-2-4-6-9)15-11-10(18(19)20)7-14-12(16-11)17-13/h2-8H,13H2,1H3,(H2,14,15,16,17). The highest BCUT2D eigenvalue weighted by molar-refractivity contribution is 5.57. The largest absolute Gasteiger partial charge is 0.358 e. The van der Waals surface area contributed by atoms with Crippen molar-refractivity contribution >= 4 is 17.5 Å². The first-order chi connectivity index (χ1) is 9.61. The average molecular weight is 274 g/mol. The van der Waals surface area contributed by atoms with E-state index in [-0.39, 0.29) is 23.5 Å². The molecule has 1 atom stereocenters. The summed E-state index contributed by atoms with van der Waals surface area (Å²) in [6, 6.07) is 9.40. The van der Waals surface area contributed by atoms with Gasteiger partial charge in [-0.1, -0.05) is 30.3 Å². The molecule has 0 bridgehead atoms. The molecule has 0 aliphatic rings. The quantitative estimate of drug-likeness (QED) is 0.432. The van der Waals surface area contributed by atoms with E-state index < -0.39 is 4.92 Å². The summed E-state index contributed by atoms with van der Waals surface area (Å²) >= 11 is 0. The lowest BCUT2D eigenvalue weighted by molar-refractivity contribution is -0.384. The number of nitrogen functional groups attached to an aromatic ring is 1. The molecule has 2 aromatic rings. The van der Waals surface area contributed by atoms with Crippen LogP contribution in [0, 0.1) is 10.1 Å². The fourth-order valence-electron chi connectivity index (χ4n) is 1.71. The van der Waals surface area contributed by atoms with Crippen molar-refractivity contribution in [3.8, 4) is 0 Å². The van der Waals surface area contributed by atoms with Gasteiger partial charge in [0.25, 0.3) is 0 Å². The predicted octanol–water partition coefficient (Wildman–Crippen LogP) is 1.84. The van der Waals surface area contributed by atoms with Gasteiger partial charge in [0.15, 0.2) is 0 Å². The Morgan fingerprint density at radius 1 is 1.35 bits per heavy atom. The van der Waals surface area contributed by atoms with Crippen molar-refractivity contribution in [2.45, 2.75) is 13.0 Å². The Labute approximate surface area is 115 Å². The number of aromatic nitrogens is 2. The second kappa shape index (κ2) is 5.93. The Morgan fingerprint density at radius 3 is 2.65 bits per heavy atom. The molecule has 1 aromatic heterocycles. The molecule has 0 aliphatic carbocycles. The molecule has 4 N–H and O–H groups in total. The van der Waals surface area contributed by atoms with Gasteiger partial charge in [0, 0.05) is 0 Å². The molecule has 1 aromatic carbocycles. The molecule has 0 radical (unpaired) electrons. The van der Waals surface area contributed by atoms with E-state index in [0.717, 1.165) is 11.8 Å². The molecule has 2 rings (SSSR count). The third kappa shape index (κ3) is 2.98. The molecule has 0 saturated heterocycles. The third-order valence-corrected chi connectivity index (χ3v) is 2.75. The minimum absolute atomic E-state index is 0.110. The van der Waals surface area contributed by atoms with Gasteiger partial charge in [0.1, 0.15) is 6.20 Å². The van der Waals surface area contributed by atoms with Gasteiger partial charge in [0.05, 0.1) is 11.0 Å². The van der Waals surface area contributed by atoms with Crippen molar-refractivity contribution in [2.24, 2.45) is 5.84 Å². The SMILES string of the molecule is CC(Nc1nc(NN)ncc1[N+](=O)[O-])c1ccccc1. The number of nitrogens with two attached hydrogens (primary N) is 1. The minimum atomic E-state index is -0.541. The lowest BCUT2D eigenvalue weighted by atomic mass is 10.1. The second-order valence-electron chi connectivity index (χ2n) is 4.11. The molecule has 1 heterocycles. The summed E-state index contributed by atoms with van der Waals surface area (Å²) < 4.78 is 0. The van der Waals surface area contributed by atoms with E-state index in [4.69, 9.17) is 5.84 Å². The van der Waals surface area contributed by atoms with Crippen LogP contribution >= 0.6 is 0 Å². The van der Waals surface area contributed by atoms with Crippen LogP contribution in [-0.4, -0.2) is 14.9 Å². The molecule has 0 aliphatic heterocycles. The van der Waals surface area contributed by atoms with E-state index in [1.807, 2.05) is 37.3 Å². The normalized spacial score (nSPS) is 11.7. The first-order valence-electron chi connectivity index (χ1n) is 5.91. The van der Waals surface area contributed by atoms with Gasteiger partial charge >= 0.3 is 5.69 Å². The fourth-order valence-corrected chi connectivity index (χ4v) is 1.71. The van der Waals surface area contributed by atoms with Gasteiger partial charge in [-0.2, -0.15) is 4.98 Å². The molecule has 8 heteroatoms. The van der Waals surface area contributed by atoms with Gasteiger partial charge in [-0.15, -0.1) is 0 Å². The Bertz CT molecular complexity index is 604. The number of hydrazine groups is 1. The van der Waals surface area contributed by atoms with Gasteiger partial charge < -0.3 is 5.32 Å². The zero-order valence-corrected chi connectivity index (χ0v) is 10.8. The van der Waals surface area contributed by atoms with E-state index >= 15 is 0 Å². The van der Waals surface area contributed by atoms with Crippen molar-refractivity contribution in [3.63, 3.8) is 0 Å². The van der Waals surface area contributed by atoms with E-state index in [1.165, 1.54) is 0 Å². The summed E-state index contributed by atoms with van der Waals surface area (Å²) in [7, 11) is 0. The zero-order valence-electron chi connectivity index (χ0n) is 10.8. The van der Waals surface area contributed by atoms with E-state index in [9.17, 15) is 10.1 Å². The van der Waals surface area contributed by atoms with Crippen molar-refractivity contribution in [1.82, 2.24) is 9.97 Å². The van der Waals surface area contributed by atoms with Crippen molar-refractivity contribution in [1.29, 1.82) is 0 Å². The predicted molar refractivity (Wildman–Crippen MR) is 75.0 cm³/mol. The summed E-state index contributed by atoms with van der Waals surface area (Å²) in [6.07, 6.45) is 1.11. The van der Waals surface area contributed by atoms with Gasteiger partial charge in [0.2, 0.25) is 11.8 Å². The van der Waals surface area contributed by atoms with Crippen LogP contribution < -0.4 is 16.6 Å². The number of nitrogens with zero attached hydrogens (tertiary/aromatic N) is 3. The molecular formula is C12H14N6O2. The first kappa shape index (κ1) is 13.7. The summed E-state index contributed by atoms with van der Waals surface area (Å²) in [5.74, 6) is 5.44. The topological polar surface area (TPSA) is 119 Å². The molecular weight excluding hydrogens is 260 g/mol. The second-order valence-corrected chi connectivity index (χ2v) is 4.11. The lowest BCUT2D eigenvalue weighted by Gasteiger charge is -2.15. The summed E-state index contributed by atoms with van der Waals surface area (Å²) in [6.45, 7) is 1.89. The number of nitro groups is 1. The van der Waals surface area contributed by atoms with E-state index in [1.54, 1.807) is 0 Å². The van der Waals surface area contributed by atoms with Crippen molar-refractivity contribution in [2.75, 3.05) is 10.7 Å². The highest BCUT2D eigenvalue weighted by Crippen LogP contribution is 2.26. The number of nitrogens with one attached hydrogen (secondary N) is 2. The van der Waals surface area contributed by atoms with Crippen LogP contribution in [0.4, 0.5) is 17.5 Å². The minimum Gasteiger partial charge on any atom is -0.358 e. The maximum absolute atomic E-state index is 11.0. The Balaban J connectivity index is 2.29. The Hall–Kier alpha value is -2.74. The number of benzene rings is 1. The molecule has 0 spiro atoms. The summed E-state index contributed by atoms with van der Waals surface area (Å²) in [5, 5.41) is 14.0. The Morgan fingerprint density at radius 2 is 2.05 bits per heavy atom. The van der Waals surface area contributed by atoms with Crippen LogP contribution in [0.3, 0.4) is 0 Å². The van der Waals surface area contributed by atoms with Crippen LogP contribution in [0.2, 0.25) is 0 Å². The van der Waals surface area contributed by atoms with Crippen molar-refractivity contribution in [3.05, 3.63) is 52.2 Å². The first-order valence-corrected chi connectivity index (χ1v) is 5.91. The smallest absolute Gasteiger partial charge is 0.329 e. The monoisotopic (exact) mass is 274 g/mol. The molecule has 20 heavy (non-hydrogen) atoms. The maximum Gasteiger partial charge on any atom is 0.329 e. The molecule has 0 saturated carbocycles. The average Bonchev–Trinajstić information content (AvgIpc) is 2.47. The number of anilines is 2. The van der Waals surface area contributed by atoms with Crippen LogP contribution in [0.15, 0.2) is 36.5 Å². The van der Waals surface area contributed by atoms with Crippen LogP contribution in [0.25, 0.3) is 0 Å². The number of hydrogen-bond acceptors (Lipinski definition) is 7. The van der Waals surface area contributed by atoms with E-state index in [0.29, 0.717) is 0 Å². The Kier molecular flexibility index (Phi) is 4.06. The highest BCUT2D eigenvalue weighted by atomic mass is 16.6. The third-order valence-electron chi connectivity index (χ3n) is 2.75. The molecule has 0 fully saturated rings. The van der Waals surface area contributed by atoms with Crippen LogP contribution in [0.5, 0.6) is 0 Å². The van der Waals surface area contributed by atoms with E-state index in [2.05, 4.69) is 20.7 Å². The summed E-state index contributed by atoms with van der Waals surface area (Å²) in [5.41, 5.74) is 3.05. The van der Waals surface area contributed by atoms with Crippen LogP contribution in [0.1, 0.15) is 18.5 Å². The lowest BCUT2D eigenvalue weighted by Crippen LogP contribution is -2.14. The summed E-state index contributed by atoms with van der Waals surface area (Å²) in [4.78, 5) is 18.1. The number of rotatable bonds is 5. The maximum atomic E-state index is 11.0. The van der Waals surface area contributed by atoms with Gasteiger partial charge in [-0.05, 0) is 12.5 Å². The molecule has 0 amide bonds. The molecule has 8 nitrogen and oxygen atoms in total. The van der Waals surface area contributed by atoms with Crippen molar-refractivity contribution < 1.29 is 4.92 Å². The molecule has 104 valence electrons. The zero-order chi connectivity index (χ0) is 14.5. The molecule has 1 unspecified atom stereocenters. The fraction of sp³-hybridized carbons (Fsp3) is 0.167. The van der Waals surface area contributed by atoms with Crippen LogP contribution in [-0.2, 0) is 0 Å². The number of hydrogen-bond donors (Lipinski definition) is 3. The van der Waals surface area contributed by atoms with Gasteiger partial charge in [-0.25, -0.2) is 10.8 Å². The highest BCUT2D eigenvalue weighted by Gasteiger charge is 2.19.